The third-order valence-corrected chi connectivity index (χ3v) is 4.23. The van der Waals surface area contributed by atoms with E-state index in [1.165, 1.54) is 16.7 Å². The molecule has 5 heteroatoms. The summed E-state index contributed by atoms with van der Waals surface area (Å²) in [4.78, 5) is 23.3. The molecule has 4 nitrogen and oxygen atoms in total. The van der Waals surface area contributed by atoms with Crippen molar-refractivity contribution in [1.82, 2.24) is 0 Å². The number of hydrogen-bond donors (Lipinski definition) is 1. The van der Waals surface area contributed by atoms with E-state index in [0.717, 1.165) is 5.56 Å². The van der Waals surface area contributed by atoms with E-state index in [0.29, 0.717) is 12.8 Å². The van der Waals surface area contributed by atoms with Gasteiger partial charge >= 0.3 is 41.5 Å². The Morgan fingerprint density at radius 2 is 1.72 bits per heavy atom. The topological polar surface area (TPSA) is 63.6 Å². The van der Waals surface area contributed by atoms with Crippen molar-refractivity contribution in [2.24, 2.45) is 0 Å². The van der Waals surface area contributed by atoms with E-state index in [1.54, 1.807) is 26.8 Å². The van der Waals surface area contributed by atoms with Gasteiger partial charge in [0, 0.05) is 5.57 Å². The van der Waals surface area contributed by atoms with Crippen molar-refractivity contribution in [2.45, 2.75) is 52.6 Å². The summed E-state index contributed by atoms with van der Waals surface area (Å²) in [5.41, 5.74) is 4.13. The third kappa shape index (κ3) is 8.57. The van der Waals surface area contributed by atoms with E-state index >= 15 is 0 Å². The molecule has 0 unspecified atom stereocenters. The Morgan fingerprint density at radius 1 is 1.07 bits per heavy atom. The van der Waals surface area contributed by atoms with Crippen LogP contribution in [0, 0.1) is 6.92 Å². The van der Waals surface area contributed by atoms with Crippen LogP contribution < -0.4 is 0 Å². The first-order valence-corrected chi connectivity index (χ1v) is 9.45. The summed E-state index contributed by atoms with van der Waals surface area (Å²) < 4.78 is 5.21. The predicted octanol–water partition coefficient (Wildman–Crippen LogP) is 4.69. The monoisotopic (exact) mass is 404 g/mol. The van der Waals surface area contributed by atoms with Crippen LogP contribution in [0.15, 0.2) is 60.2 Å². The number of allylic oxidation sites excluding steroid dienone is 1. The fourth-order valence-electron chi connectivity index (χ4n) is 3.00. The molecule has 0 atom stereocenters. The Morgan fingerprint density at radius 3 is 2.28 bits per heavy atom. The van der Waals surface area contributed by atoms with Crippen LogP contribution in [0.1, 0.15) is 44.7 Å². The molecular weight excluding hydrogens is 375 g/mol. The van der Waals surface area contributed by atoms with E-state index in [2.05, 4.69) is 37.3 Å². The summed E-state index contributed by atoms with van der Waals surface area (Å²) in [7, 11) is 0. The van der Waals surface area contributed by atoms with Gasteiger partial charge in [0.25, 0.3) is 0 Å². The van der Waals surface area contributed by atoms with Gasteiger partial charge in [-0.1, -0.05) is 54.6 Å². The van der Waals surface area contributed by atoms with Crippen LogP contribution in [0.25, 0.3) is 11.1 Å². The van der Waals surface area contributed by atoms with Crippen molar-refractivity contribution in [2.75, 3.05) is 0 Å². The average Bonchev–Trinajstić information content (AvgIpc) is 2.60. The first kappa shape index (κ1) is 25.2. The molecule has 0 fully saturated rings. The van der Waals surface area contributed by atoms with Crippen molar-refractivity contribution in [3.8, 4) is 11.1 Å². The minimum absolute atomic E-state index is 0. The number of ether oxygens (including phenoxy) is 1. The zero-order chi connectivity index (χ0) is 20.7. The molecule has 150 valence electrons. The van der Waals surface area contributed by atoms with Gasteiger partial charge in [0.1, 0.15) is 5.60 Å². The predicted molar refractivity (Wildman–Crippen MR) is 118 cm³/mol. The quantitative estimate of drug-likeness (QED) is 0.413. The molecule has 29 heavy (non-hydrogen) atoms. The van der Waals surface area contributed by atoms with Crippen LogP contribution >= 0.6 is 0 Å². The van der Waals surface area contributed by atoms with Crippen molar-refractivity contribution in [1.29, 1.82) is 0 Å². The number of benzene rings is 2. The van der Waals surface area contributed by atoms with Crippen LogP contribution in [-0.4, -0.2) is 52.2 Å². The van der Waals surface area contributed by atoms with E-state index < -0.39 is 17.5 Å². The first-order valence-electron chi connectivity index (χ1n) is 9.45. The molecule has 0 heterocycles. The van der Waals surface area contributed by atoms with E-state index in [1.807, 2.05) is 18.2 Å². The Hall–Kier alpha value is -1.88. The molecule has 0 aliphatic rings. The second kappa shape index (κ2) is 11.3. The van der Waals surface area contributed by atoms with Crippen LogP contribution in [0.5, 0.6) is 0 Å². The number of aliphatic carboxylic acids is 1. The fraction of sp³-hybridized carbons (Fsp3) is 0.333. The van der Waals surface area contributed by atoms with Gasteiger partial charge in [-0.05, 0) is 62.8 Å². The van der Waals surface area contributed by atoms with Gasteiger partial charge < -0.3 is 9.84 Å². The van der Waals surface area contributed by atoms with Gasteiger partial charge in [-0.15, -0.1) is 0 Å². The van der Waals surface area contributed by atoms with Crippen LogP contribution in [0.2, 0.25) is 0 Å². The number of carboxylic acid groups (broad SMARTS) is 1. The molecule has 0 spiro atoms. The van der Waals surface area contributed by atoms with Gasteiger partial charge in [-0.2, -0.15) is 0 Å². The minimum atomic E-state index is -1.08. The molecule has 0 aliphatic heterocycles. The van der Waals surface area contributed by atoms with Gasteiger partial charge in [-0.3, -0.25) is 4.79 Å². The number of hydrogen-bond acceptors (Lipinski definition) is 3. The molecule has 0 saturated heterocycles. The molecule has 0 aliphatic carbocycles. The standard InChI is InChI=1S/C24H28O4.Na.H/c1-17-15-18(13-14-21(17)19-10-6-5-7-11-19)9-8-12-20(23(26)27)16-22(25)28-24(2,3)4;;/h5-7,10-15H,8-9,16H2,1-4H3,(H,26,27);;/b20-12+;;. The summed E-state index contributed by atoms with van der Waals surface area (Å²) in [6.45, 7) is 7.36. The number of aryl methyl sites for hydroxylation is 2. The van der Waals surface area contributed by atoms with Crippen LogP contribution in [0.3, 0.4) is 0 Å². The summed E-state index contributed by atoms with van der Waals surface area (Å²) in [5.74, 6) is -1.61. The van der Waals surface area contributed by atoms with E-state index in [4.69, 9.17) is 4.74 Å². The average molecular weight is 404 g/mol. The van der Waals surface area contributed by atoms with Gasteiger partial charge in [0.15, 0.2) is 0 Å². The van der Waals surface area contributed by atoms with E-state index in [-0.39, 0.29) is 41.6 Å². The molecule has 1 N–H and O–H groups in total. The molecule has 0 saturated carbocycles. The molecule has 0 aromatic heterocycles. The van der Waals surface area contributed by atoms with Crippen LogP contribution in [0.4, 0.5) is 0 Å². The number of esters is 1. The number of carbonyl (C=O) groups excluding carboxylic acids is 1. The Labute approximate surface area is 195 Å². The maximum atomic E-state index is 11.9. The second-order valence-corrected chi connectivity index (χ2v) is 7.85. The van der Waals surface area contributed by atoms with Gasteiger partial charge in [0.05, 0.1) is 6.42 Å². The number of carbonyl (C=O) groups is 2. The summed E-state index contributed by atoms with van der Waals surface area (Å²) in [6, 6.07) is 16.5. The van der Waals surface area contributed by atoms with E-state index in [9.17, 15) is 14.7 Å². The Balaban J connectivity index is 0.00000420. The first-order chi connectivity index (χ1) is 13.2. The molecule has 2 aromatic rings. The summed E-state index contributed by atoms with van der Waals surface area (Å²) >= 11 is 0. The second-order valence-electron chi connectivity index (χ2n) is 7.85. The number of rotatable bonds is 7. The van der Waals surface area contributed by atoms with Gasteiger partial charge in [-0.25, -0.2) is 4.79 Å². The van der Waals surface area contributed by atoms with Gasteiger partial charge in [0.2, 0.25) is 0 Å². The maximum absolute atomic E-state index is 11.9. The van der Waals surface area contributed by atoms with Crippen molar-refractivity contribution in [3.05, 3.63) is 71.3 Å². The SMILES string of the molecule is Cc1cc(CC/C=C(\CC(=O)OC(C)(C)C)C(=O)O)ccc1-c1ccccc1.[NaH]. The normalized spacial score (nSPS) is 11.5. The Kier molecular flexibility index (Phi) is 9.84. The molecule has 0 bridgehead atoms. The molecule has 0 amide bonds. The summed E-state index contributed by atoms with van der Waals surface area (Å²) in [5, 5.41) is 9.35. The third-order valence-electron chi connectivity index (χ3n) is 4.23. The molecule has 0 radical (unpaired) electrons. The molecule has 2 aromatic carbocycles. The van der Waals surface area contributed by atoms with Crippen LogP contribution in [-0.2, 0) is 20.7 Å². The zero-order valence-electron chi connectivity index (χ0n) is 17.0. The molecule has 2 rings (SSSR count). The summed E-state index contributed by atoms with van der Waals surface area (Å²) in [6.07, 6.45) is 2.65. The zero-order valence-corrected chi connectivity index (χ0v) is 17.0. The molecular formula is C24H29NaO4. The number of carboxylic acids is 1. The van der Waals surface area contributed by atoms with Crippen molar-refractivity contribution in [3.63, 3.8) is 0 Å². The Bertz CT molecular complexity index is 864. The van der Waals surface area contributed by atoms with Crippen molar-refractivity contribution >= 4 is 41.5 Å². The van der Waals surface area contributed by atoms with Crippen molar-refractivity contribution < 1.29 is 19.4 Å². The fourth-order valence-corrected chi connectivity index (χ4v) is 3.00.